The molecule has 1 saturated heterocycles. The molecule has 0 saturated carbocycles. The van der Waals surface area contributed by atoms with Gasteiger partial charge >= 0.3 is 0 Å². The number of rotatable bonds is 7. The van der Waals surface area contributed by atoms with E-state index in [9.17, 15) is 5.11 Å². The number of hydrogen-bond donors (Lipinski definition) is 1. The molecule has 1 fully saturated rings. The summed E-state index contributed by atoms with van der Waals surface area (Å²) < 4.78 is 18.0. The van der Waals surface area contributed by atoms with Crippen LogP contribution in [0.5, 0.6) is 0 Å². The molecule has 0 aromatic heterocycles. The normalized spacial score (nSPS) is 28.8. The number of hydrogen-bond acceptors (Lipinski definition) is 4. The van der Waals surface area contributed by atoms with E-state index in [-0.39, 0.29) is 18.1 Å². The Kier molecular flexibility index (Phi) is 6.80. The summed E-state index contributed by atoms with van der Waals surface area (Å²) in [5.74, 6) is 0.132. The minimum Gasteiger partial charge on any atom is -0.370 e. The van der Waals surface area contributed by atoms with E-state index in [1.54, 1.807) is 0 Å². The fraction of sp³-hybridized carbons (Fsp3) is 0.455. The molecular weight excluding hydrogens is 328 g/mol. The third-order valence-corrected chi connectivity index (χ3v) is 5.00. The highest BCUT2D eigenvalue weighted by Crippen LogP contribution is 2.32. The van der Waals surface area contributed by atoms with E-state index in [0.29, 0.717) is 13.2 Å². The van der Waals surface area contributed by atoms with Crippen molar-refractivity contribution in [3.63, 3.8) is 0 Å². The van der Waals surface area contributed by atoms with E-state index >= 15 is 0 Å². The first-order valence-corrected chi connectivity index (χ1v) is 9.33. The second kappa shape index (κ2) is 9.28. The van der Waals surface area contributed by atoms with E-state index < -0.39 is 12.4 Å². The van der Waals surface area contributed by atoms with Crippen LogP contribution in [0.3, 0.4) is 0 Å². The molecule has 4 heteroatoms. The van der Waals surface area contributed by atoms with Gasteiger partial charge in [-0.05, 0) is 17.5 Å². The zero-order valence-corrected chi connectivity index (χ0v) is 15.5. The summed E-state index contributed by atoms with van der Waals surface area (Å²) in [6.07, 6.45) is -0.943. The first-order chi connectivity index (χ1) is 12.7. The van der Waals surface area contributed by atoms with Crippen LogP contribution in [0.4, 0.5) is 0 Å². The van der Waals surface area contributed by atoms with Crippen LogP contribution in [0, 0.1) is 5.92 Å². The Bertz CT molecular complexity index is 646. The topological polar surface area (TPSA) is 47.9 Å². The van der Waals surface area contributed by atoms with Crippen LogP contribution >= 0.6 is 0 Å². The van der Waals surface area contributed by atoms with Crippen molar-refractivity contribution in [3.8, 4) is 0 Å². The Morgan fingerprint density at radius 1 is 0.846 bits per heavy atom. The van der Waals surface area contributed by atoms with Crippen molar-refractivity contribution >= 4 is 0 Å². The second-order valence-electron chi connectivity index (χ2n) is 6.85. The van der Waals surface area contributed by atoms with Gasteiger partial charge in [0.2, 0.25) is 0 Å². The lowest BCUT2D eigenvalue weighted by atomic mass is 9.89. The van der Waals surface area contributed by atoms with E-state index in [1.807, 2.05) is 60.7 Å². The summed E-state index contributed by atoms with van der Waals surface area (Å²) >= 11 is 0. The molecule has 2 aromatic carbocycles. The van der Waals surface area contributed by atoms with Crippen molar-refractivity contribution in [1.82, 2.24) is 0 Å². The molecule has 0 bridgehead atoms. The van der Waals surface area contributed by atoms with Gasteiger partial charge in [-0.2, -0.15) is 0 Å². The van der Waals surface area contributed by atoms with Crippen molar-refractivity contribution in [3.05, 3.63) is 71.8 Å². The molecular formula is C22H28O4. The molecule has 140 valence electrons. The van der Waals surface area contributed by atoms with Crippen LogP contribution in [0.15, 0.2) is 60.7 Å². The lowest BCUT2D eigenvalue weighted by Gasteiger charge is -2.43. The minimum atomic E-state index is -0.986. The van der Waals surface area contributed by atoms with Crippen molar-refractivity contribution in [2.75, 3.05) is 0 Å². The van der Waals surface area contributed by atoms with Crippen molar-refractivity contribution in [2.45, 2.75) is 58.1 Å². The molecule has 1 aliphatic rings. The fourth-order valence-corrected chi connectivity index (χ4v) is 3.48. The molecule has 26 heavy (non-hydrogen) atoms. The third kappa shape index (κ3) is 4.71. The van der Waals surface area contributed by atoms with Gasteiger partial charge in [0.1, 0.15) is 6.10 Å². The van der Waals surface area contributed by atoms with E-state index in [1.165, 1.54) is 0 Å². The smallest absolute Gasteiger partial charge is 0.184 e. The number of ether oxygens (including phenoxy) is 3. The van der Waals surface area contributed by atoms with Gasteiger partial charge in [-0.1, -0.05) is 74.5 Å². The highest BCUT2D eigenvalue weighted by Gasteiger charge is 2.44. The maximum absolute atomic E-state index is 10.5. The van der Waals surface area contributed by atoms with E-state index in [4.69, 9.17) is 14.2 Å². The summed E-state index contributed by atoms with van der Waals surface area (Å²) in [5, 5.41) is 10.5. The third-order valence-electron chi connectivity index (χ3n) is 5.00. The summed E-state index contributed by atoms with van der Waals surface area (Å²) in [6.45, 7) is 5.08. The van der Waals surface area contributed by atoms with Crippen LogP contribution in [-0.2, 0) is 27.4 Å². The Morgan fingerprint density at radius 2 is 1.35 bits per heavy atom. The van der Waals surface area contributed by atoms with Gasteiger partial charge in [0.25, 0.3) is 0 Å². The second-order valence-corrected chi connectivity index (χ2v) is 6.85. The number of aliphatic hydroxyl groups excluding tert-OH is 1. The van der Waals surface area contributed by atoms with Gasteiger partial charge in [-0.3, -0.25) is 0 Å². The zero-order chi connectivity index (χ0) is 18.4. The molecule has 1 N–H and O–H groups in total. The molecule has 0 spiro atoms. The fourth-order valence-electron chi connectivity index (χ4n) is 3.48. The summed E-state index contributed by atoms with van der Waals surface area (Å²) in [6, 6.07) is 20.0. The molecule has 1 aliphatic heterocycles. The van der Waals surface area contributed by atoms with Crippen molar-refractivity contribution < 1.29 is 19.3 Å². The maximum Gasteiger partial charge on any atom is 0.184 e. The van der Waals surface area contributed by atoms with Crippen molar-refractivity contribution in [2.24, 2.45) is 5.92 Å². The highest BCUT2D eigenvalue weighted by molar-refractivity contribution is 5.14. The molecule has 1 unspecified atom stereocenters. The Balaban J connectivity index is 1.69. The van der Waals surface area contributed by atoms with Crippen molar-refractivity contribution in [1.29, 1.82) is 0 Å². The first-order valence-electron chi connectivity index (χ1n) is 9.33. The molecule has 3 rings (SSSR count). The van der Waals surface area contributed by atoms with Gasteiger partial charge in [-0.15, -0.1) is 0 Å². The van der Waals surface area contributed by atoms with Gasteiger partial charge in [0, 0.05) is 5.92 Å². The summed E-state index contributed by atoms with van der Waals surface area (Å²) in [4.78, 5) is 0. The predicted molar refractivity (Wildman–Crippen MR) is 100 cm³/mol. The average Bonchev–Trinajstić information content (AvgIpc) is 2.69. The van der Waals surface area contributed by atoms with Crippen LogP contribution in [0.25, 0.3) is 0 Å². The predicted octanol–water partition coefficient (Wildman–Crippen LogP) is 3.92. The average molecular weight is 356 g/mol. The molecule has 0 aliphatic carbocycles. The van der Waals surface area contributed by atoms with Crippen LogP contribution in [0.2, 0.25) is 0 Å². The number of aliphatic hydroxyl groups is 1. The Labute approximate surface area is 155 Å². The molecule has 0 amide bonds. The van der Waals surface area contributed by atoms with Gasteiger partial charge in [-0.25, -0.2) is 0 Å². The van der Waals surface area contributed by atoms with E-state index in [2.05, 4.69) is 13.8 Å². The Hall–Kier alpha value is -1.72. The van der Waals surface area contributed by atoms with E-state index in [0.717, 1.165) is 17.5 Å². The highest BCUT2D eigenvalue weighted by atomic mass is 16.7. The molecule has 4 nitrogen and oxygen atoms in total. The van der Waals surface area contributed by atoms with Gasteiger partial charge < -0.3 is 19.3 Å². The maximum atomic E-state index is 10.5. The monoisotopic (exact) mass is 356 g/mol. The molecule has 0 radical (unpaired) electrons. The minimum absolute atomic E-state index is 0.0395. The summed E-state index contributed by atoms with van der Waals surface area (Å²) in [7, 11) is 0. The quantitative estimate of drug-likeness (QED) is 0.817. The van der Waals surface area contributed by atoms with Crippen LogP contribution in [0.1, 0.15) is 31.4 Å². The summed E-state index contributed by atoms with van der Waals surface area (Å²) in [5.41, 5.74) is 2.17. The van der Waals surface area contributed by atoms with Crippen LogP contribution < -0.4 is 0 Å². The Morgan fingerprint density at radius 3 is 1.85 bits per heavy atom. The zero-order valence-electron chi connectivity index (χ0n) is 15.5. The molecule has 5 atom stereocenters. The lowest BCUT2D eigenvalue weighted by molar-refractivity contribution is -0.289. The van der Waals surface area contributed by atoms with Crippen LogP contribution in [-0.4, -0.2) is 29.7 Å². The SMILES string of the molecule is CC[C@H]1OC(O)[C@H](OCc2ccccc2)[C@@H](OCc2ccccc2)[C@@H]1C. The largest absolute Gasteiger partial charge is 0.370 e. The first kappa shape index (κ1) is 19.1. The van der Waals surface area contributed by atoms with Gasteiger partial charge in [0.15, 0.2) is 6.29 Å². The standard InChI is InChI=1S/C22H28O4/c1-3-19-16(2)20(24-14-17-10-6-4-7-11-17)21(22(23)26-19)25-15-18-12-8-5-9-13-18/h4-13,16,19-23H,3,14-15H2,1-2H3/t16-,19-,20+,21-,22?/m1/s1. The van der Waals surface area contributed by atoms with Gasteiger partial charge in [0.05, 0.1) is 25.4 Å². The number of benzene rings is 2. The molecule has 1 heterocycles. The lowest BCUT2D eigenvalue weighted by Crippen LogP contribution is -2.55. The molecule has 2 aromatic rings.